The fourth-order valence-corrected chi connectivity index (χ4v) is 1.81. The number of hydrogen-bond acceptors (Lipinski definition) is 2. The predicted molar refractivity (Wildman–Crippen MR) is 73.6 cm³/mol. The van der Waals surface area contributed by atoms with E-state index in [0.717, 1.165) is 5.56 Å². The van der Waals surface area contributed by atoms with Crippen molar-refractivity contribution in [3.05, 3.63) is 58.1 Å². The number of aliphatic hydroxyl groups excluding tert-OH is 1. The van der Waals surface area contributed by atoms with Crippen LogP contribution in [-0.2, 0) is 0 Å². The van der Waals surface area contributed by atoms with E-state index >= 15 is 0 Å². The number of aliphatic hydroxyl groups is 1. The predicted octanol–water partition coefficient (Wildman–Crippen LogP) is 4.84. The maximum atomic E-state index is 9.41. The van der Waals surface area contributed by atoms with Crippen molar-refractivity contribution >= 4 is 23.2 Å². The van der Waals surface area contributed by atoms with E-state index in [1.807, 2.05) is 0 Å². The molecule has 0 aromatic heterocycles. The Morgan fingerprint density at radius 2 is 1.72 bits per heavy atom. The highest BCUT2D eigenvalue weighted by Gasteiger charge is 2.05. The summed E-state index contributed by atoms with van der Waals surface area (Å²) in [6, 6.07) is 12.2. The van der Waals surface area contributed by atoms with E-state index < -0.39 is 6.10 Å². The van der Waals surface area contributed by atoms with Crippen LogP contribution in [0.5, 0.6) is 11.5 Å². The van der Waals surface area contributed by atoms with Crippen LogP contribution >= 0.6 is 23.2 Å². The highest BCUT2D eigenvalue weighted by molar-refractivity contribution is 6.34. The van der Waals surface area contributed by atoms with Gasteiger partial charge in [0, 0.05) is 11.1 Å². The molecule has 2 aromatic carbocycles. The number of ether oxygens (including phenoxy) is 1. The Labute approximate surface area is 116 Å². The Balaban J connectivity index is 2.21. The van der Waals surface area contributed by atoms with E-state index in [1.165, 1.54) is 0 Å². The van der Waals surface area contributed by atoms with Gasteiger partial charge in [-0.3, -0.25) is 0 Å². The van der Waals surface area contributed by atoms with E-state index in [0.29, 0.717) is 21.5 Å². The highest BCUT2D eigenvalue weighted by atomic mass is 35.5. The van der Waals surface area contributed by atoms with Crippen molar-refractivity contribution in [3.63, 3.8) is 0 Å². The molecule has 0 fully saturated rings. The smallest absolute Gasteiger partial charge is 0.147 e. The van der Waals surface area contributed by atoms with Crippen LogP contribution in [0.1, 0.15) is 18.6 Å². The van der Waals surface area contributed by atoms with E-state index in [9.17, 15) is 5.11 Å². The molecule has 0 aliphatic carbocycles. The standard InChI is InChI=1S/C14H12Cl2O2/c1-9(17)10-2-5-12(6-3-10)18-14-8-11(15)4-7-13(14)16/h2-9,17H,1H3/t9-/m0/s1. The normalized spacial score (nSPS) is 12.2. The Hall–Kier alpha value is -1.22. The van der Waals surface area contributed by atoms with Crippen molar-refractivity contribution in [1.82, 2.24) is 0 Å². The van der Waals surface area contributed by atoms with Crippen molar-refractivity contribution in [2.24, 2.45) is 0 Å². The molecule has 4 heteroatoms. The lowest BCUT2D eigenvalue weighted by atomic mass is 10.1. The SMILES string of the molecule is C[C@H](O)c1ccc(Oc2cc(Cl)ccc2Cl)cc1. The van der Waals surface area contributed by atoms with E-state index in [-0.39, 0.29) is 0 Å². The van der Waals surface area contributed by atoms with Gasteiger partial charge in [-0.25, -0.2) is 0 Å². The number of rotatable bonds is 3. The van der Waals surface area contributed by atoms with Crippen LogP contribution in [-0.4, -0.2) is 5.11 Å². The molecule has 1 atom stereocenters. The van der Waals surface area contributed by atoms with Crippen molar-refractivity contribution in [1.29, 1.82) is 0 Å². The molecule has 0 bridgehead atoms. The van der Waals surface area contributed by atoms with E-state index in [1.54, 1.807) is 49.4 Å². The highest BCUT2D eigenvalue weighted by Crippen LogP contribution is 2.32. The van der Waals surface area contributed by atoms with Gasteiger partial charge in [-0.15, -0.1) is 0 Å². The van der Waals surface area contributed by atoms with Crippen molar-refractivity contribution in [3.8, 4) is 11.5 Å². The zero-order valence-corrected chi connectivity index (χ0v) is 11.2. The third kappa shape index (κ3) is 3.16. The summed E-state index contributed by atoms with van der Waals surface area (Å²) >= 11 is 11.9. The molecule has 2 aromatic rings. The minimum atomic E-state index is -0.492. The summed E-state index contributed by atoms with van der Waals surface area (Å²) in [5, 5.41) is 10.5. The van der Waals surface area contributed by atoms with Gasteiger partial charge in [-0.1, -0.05) is 35.3 Å². The second kappa shape index (κ2) is 5.61. The molecule has 2 nitrogen and oxygen atoms in total. The average Bonchev–Trinajstić information content (AvgIpc) is 2.34. The molecule has 0 aliphatic heterocycles. The van der Waals surface area contributed by atoms with E-state index in [4.69, 9.17) is 27.9 Å². The second-order valence-electron chi connectivity index (χ2n) is 3.92. The first-order valence-electron chi connectivity index (χ1n) is 5.47. The van der Waals surface area contributed by atoms with Gasteiger partial charge >= 0.3 is 0 Å². The van der Waals surface area contributed by atoms with Crippen LogP contribution < -0.4 is 4.74 Å². The second-order valence-corrected chi connectivity index (χ2v) is 4.77. The summed E-state index contributed by atoms with van der Waals surface area (Å²) in [6.07, 6.45) is -0.492. The molecule has 0 spiro atoms. The van der Waals surface area contributed by atoms with Gasteiger partial charge in [0.2, 0.25) is 0 Å². The molecular weight excluding hydrogens is 271 g/mol. The van der Waals surface area contributed by atoms with Gasteiger partial charge in [0.1, 0.15) is 11.5 Å². The molecule has 0 amide bonds. The number of hydrogen-bond donors (Lipinski definition) is 1. The Morgan fingerprint density at radius 3 is 2.33 bits per heavy atom. The first-order valence-corrected chi connectivity index (χ1v) is 6.23. The molecule has 0 unspecified atom stereocenters. The Bertz CT molecular complexity index is 536. The van der Waals surface area contributed by atoms with Gasteiger partial charge in [-0.2, -0.15) is 0 Å². The van der Waals surface area contributed by atoms with E-state index in [2.05, 4.69) is 0 Å². The summed E-state index contributed by atoms with van der Waals surface area (Å²) in [7, 11) is 0. The molecule has 0 radical (unpaired) electrons. The first kappa shape index (κ1) is 13.2. The maximum Gasteiger partial charge on any atom is 0.147 e. The molecular formula is C14H12Cl2O2. The molecule has 0 heterocycles. The lowest BCUT2D eigenvalue weighted by molar-refractivity contribution is 0.199. The average molecular weight is 283 g/mol. The Kier molecular flexibility index (Phi) is 4.12. The minimum Gasteiger partial charge on any atom is -0.456 e. The summed E-state index contributed by atoms with van der Waals surface area (Å²) in [4.78, 5) is 0. The summed E-state index contributed by atoms with van der Waals surface area (Å²) in [5.74, 6) is 1.15. The molecule has 94 valence electrons. The van der Waals surface area contributed by atoms with Crippen LogP contribution in [0, 0.1) is 0 Å². The largest absolute Gasteiger partial charge is 0.456 e. The van der Waals surface area contributed by atoms with Gasteiger partial charge in [0.05, 0.1) is 11.1 Å². The summed E-state index contributed by atoms with van der Waals surface area (Å²) in [5.41, 5.74) is 0.833. The summed E-state index contributed by atoms with van der Waals surface area (Å²) in [6.45, 7) is 1.71. The number of benzene rings is 2. The van der Waals surface area contributed by atoms with Crippen LogP contribution in [0.25, 0.3) is 0 Å². The number of halogens is 2. The fourth-order valence-electron chi connectivity index (χ4n) is 1.50. The van der Waals surface area contributed by atoms with Gasteiger partial charge in [0.25, 0.3) is 0 Å². The zero-order chi connectivity index (χ0) is 13.1. The topological polar surface area (TPSA) is 29.5 Å². The van der Waals surface area contributed by atoms with Crippen LogP contribution in [0.3, 0.4) is 0 Å². The molecule has 0 saturated heterocycles. The minimum absolute atomic E-state index is 0.492. The molecule has 18 heavy (non-hydrogen) atoms. The zero-order valence-electron chi connectivity index (χ0n) is 9.73. The summed E-state index contributed by atoms with van der Waals surface area (Å²) < 4.78 is 5.63. The molecule has 0 aliphatic rings. The Morgan fingerprint density at radius 1 is 1.06 bits per heavy atom. The lowest BCUT2D eigenvalue weighted by Crippen LogP contribution is -1.91. The van der Waals surface area contributed by atoms with Crippen LogP contribution in [0.4, 0.5) is 0 Å². The van der Waals surface area contributed by atoms with Crippen molar-refractivity contribution < 1.29 is 9.84 Å². The lowest BCUT2D eigenvalue weighted by Gasteiger charge is -2.09. The third-order valence-electron chi connectivity index (χ3n) is 2.48. The van der Waals surface area contributed by atoms with Crippen molar-refractivity contribution in [2.45, 2.75) is 13.0 Å². The quantitative estimate of drug-likeness (QED) is 0.873. The molecule has 1 N–H and O–H groups in total. The molecule has 2 rings (SSSR count). The van der Waals surface area contributed by atoms with Gasteiger partial charge in [0.15, 0.2) is 0 Å². The monoisotopic (exact) mass is 282 g/mol. The third-order valence-corrected chi connectivity index (χ3v) is 3.03. The molecule has 0 saturated carbocycles. The van der Waals surface area contributed by atoms with Crippen molar-refractivity contribution in [2.75, 3.05) is 0 Å². The first-order chi connectivity index (χ1) is 8.56. The van der Waals surface area contributed by atoms with Gasteiger partial charge < -0.3 is 9.84 Å². The van der Waals surface area contributed by atoms with Crippen LogP contribution in [0.2, 0.25) is 10.0 Å². The fraction of sp³-hybridized carbons (Fsp3) is 0.143. The van der Waals surface area contributed by atoms with Crippen LogP contribution in [0.15, 0.2) is 42.5 Å². The maximum absolute atomic E-state index is 9.41. The van der Waals surface area contributed by atoms with Gasteiger partial charge in [-0.05, 0) is 36.8 Å².